The largest absolute Gasteiger partial charge is 0.443 e. The molecular weight excluding hydrogens is 358 g/mol. The fourth-order valence-electron chi connectivity index (χ4n) is 2.50. The number of thiophene rings is 1. The van der Waals surface area contributed by atoms with Crippen molar-refractivity contribution in [3.05, 3.63) is 52.4 Å². The maximum atomic E-state index is 6.05. The van der Waals surface area contributed by atoms with E-state index in [0.29, 0.717) is 19.0 Å². The molecule has 0 unspecified atom stereocenters. The summed E-state index contributed by atoms with van der Waals surface area (Å²) in [6.07, 6.45) is 3.56. The molecule has 0 aliphatic carbocycles. The molecule has 3 aromatic rings. The van der Waals surface area contributed by atoms with Gasteiger partial charge in [0, 0.05) is 33.0 Å². The molecule has 132 valence electrons. The van der Waals surface area contributed by atoms with Gasteiger partial charge in [-0.25, -0.2) is 4.98 Å². The van der Waals surface area contributed by atoms with Gasteiger partial charge < -0.3 is 19.2 Å². The predicted molar refractivity (Wildman–Crippen MR) is 102 cm³/mol. The topological polar surface area (TPSA) is 58.6 Å². The Hall–Kier alpha value is -2.25. The van der Waals surface area contributed by atoms with E-state index in [0.717, 1.165) is 27.2 Å². The summed E-state index contributed by atoms with van der Waals surface area (Å²) >= 11 is 7.65. The number of aliphatic imine (C=N–C) groups is 1. The number of halogens is 1. The van der Waals surface area contributed by atoms with E-state index in [-0.39, 0.29) is 0 Å². The molecule has 8 heteroatoms. The van der Waals surface area contributed by atoms with Gasteiger partial charge in [-0.2, -0.15) is 0 Å². The molecule has 0 aliphatic rings. The summed E-state index contributed by atoms with van der Waals surface area (Å²) in [5.74, 6) is 1.42. The Balaban J connectivity index is 1.60. The van der Waals surface area contributed by atoms with Crippen molar-refractivity contribution in [2.45, 2.75) is 13.1 Å². The Labute approximate surface area is 155 Å². The lowest BCUT2D eigenvalue weighted by Gasteiger charge is -2.22. The monoisotopic (exact) mass is 377 g/mol. The Bertz CT molecular complexity index is 852. The molecule has 0 atom stereocenters. The minimum Gasteiger partial charge on any atom is -0.443 e. The molecule has 0 spiro atoms. The van der Waals surface area contributed by atoms with Crippen molar-refractivity contribution in [3.8, 4) is 10.8 Å². The van der Waals surface area contributed by atoms with Crippen LogP contribution >= 0.6 is 22.9 Å². The van der Waals surface area contributed by atoms with Gasteiger partial charge in [-0.3, -0.25) is 4.99 Å². The van der Waals surface area contributed by atoms with Gasteiger partial charge in [0.15, 0.2) is 5.96 Å². The van der Waals surface area contributed by atoms with E-state index >= 15 is 0 Å². The molecule has 3 rings (SSSR count). The van der Waals surface area contributed by atoms with Crippen LogP contribution in [0.3, 0.4) is 0 Å². The van der Waals surface area contributed by atoms with Gasteiger partial charge in [0.1, 0.15) is 6.26 Å². The van der Waals surface area contributed by atoms with Crippen LogP contribution in [0.4, 0.5) is 0 Å². The van der Waals surface area contributed by atoms with Crippen LogP contribution in [-0.4, -0.2) is 34.5 Å². The number of aryl methyl sites for hydroxylation is 1. The van der Waals surface area contributed by atoms with E-state index in [1.807, 2.05) is 53.3 Å². The third-order valence-electron chi connectivity index (χ3n) is 3.76. The molecule has 3 aromatic heterocycles. The summed E-state index contributed by atoms with van der Waals surface area (Å²) in [4.78, 5) is 11.9. The van der Waals surface area contributed by atoms with Crippen LogP contribution in [-0.2, 0) is 20.1 Å². The zero-order valence-electron chi connectivity index (χ0n) is 14.4. The van der Waals surface area contributed by atoms with Crippen molar-refractivity contribution < 1.29 is 4.42 Å². The van der Waals surface area contributed by atoms with Crippen LogP contribution in [0, 0.1) is 0 Å². The van der Waals surface area contributed by atoms with Gasteiger partial charge in [-0.15, -0.1) is 11.3 Å². The molecule has 0 radical (unpaired) electrons. The van der Waals surface area contributed by atoms with E-state index in [2.05, 4.69) is 15.3 Å². The smallest absolute Gasteiger partial charge is 0.236 e. The SMILES string of the molecule is CN=C(NCc1coc(-c2cccs2)n1)N(C)Cc1cc(Cl)cn1C. The van der Waals surface area contributed by atoms with Crippen LogP contribution in [0.5, 0.6) is 0 Å². The molecule has 0 aliphatic heterocycles. The lowest BCUT2D eigenvalue weighted by atomic mass is 10.4. The molecule has 0 saturated carbocycles. The number of hydrogen-bond donors (Lipinski definition) is 1. The summed E-state index contributed by atoms with van der Waals surface area (Å²) < 4.78 is 7.55. The first-order chi connectivity index (χ1) is 12.1. The van der Waals surface area contributed by atoms with Crippen molar-refractivity contribution in [2.75, 3.05) is 14.1 Å². The first kappa shape index (κ1) is 17.6. The van der Waals surface area contributed by atoms with Crippen molar-refractivity contribution in [2.24, 2.45) is 12.0 Å². The molecule has 0 fully saturated rings. The average Bonchev–Trinajstić information content (AvgIpc) is 3.30. The molecule has 3 heterocycles. The fraction of sp³-hybridized carbons (Fsp3) is 0.294. The van der Waals surface area contributed by atoms with Crippen LogP contribution < -0.4 is 5.32 Å². The Morgan fingerprint density at radius 3 is 3.00 bits per heavy atom. The number of guanidine groups is 1. The van der Waals surface area contributed by atoms with Crippen molar-refractivity contribution in [3.63, 3.8) is 0 Å². The van der Waals surface area contributed by atoms with Gasteiger partial charge in [-0.05, 0) is 17.5 Å². The van der Waals surface area contributed by atoms with Crippen molar-refractivity contribution in [1.82, 2.24) is 19.8 Å². The second-order valence-electron chi connectivity index (χ2n) is 5.64. The summed E-state index contributed by atoms with van der Waals surface area (Å²) in [5.41, 5.74) is 1.94. The van der Waals surface area contributed by atoms with Crippen LogP contribution in [0.25, 0.3) is 10.8 Å². The quantitative estimate of drug-likeness (QED) is 0.545. The van der Waals surface area contributed by atoms with Gasteiger partial charge in [0.05, 0.1) is 28.7 Å². The maximum absolute atomic E-state index is 6.05. The highest BCUT2D eigenvalue weighted by Gasteiger charge is 2.12. The zero-order valence-corrected chi connectivity index (χ0v) is 15.9. The van der Waals surface area contributed by atoms with Gasteiger partial charge in [0.25, 0.3) is 0 Å². The Morgan fingerprint density at radius 2 is 2.36 bits per heavy atom. The minimum atomic E-state index is 0.541. The van der Waals surface area contributed by atoms with Crippen molar-refractivity contribution in [1.29, 1.82) is 0 Å². The van der Waals surface area contributed by atoms with E-state index in [1.165, 1.54) is 0 Å². The van der Waals surface area contributed by atoms with Crippen LogP contribution in [0.2, 0.25) is 5.02 Å². The normalized spacial score (nSPS) is 11.8. The van der Waals surface area contributed by atoms with Crippen LogP contribution in [0.1, 0.15) is 11.4 Å². The molecule has 0 bridgehead atoms. The maximum Gasteiger partial charge on any atom is 0.236 e. The molecule has 0 amide bonds. The van der Waals surface area contributed by atoms with Gasteiger partial charge in [-0.1, -0.05) is 17.7 Å². The molecule has 0 aromatic carbocycles. The highest BCUT2D eigenvalue weighted by Crippen LogP contribution is 2.23. The summed E-state index contributed by atoms with van der Waals surface area (Å²) in [6.45, 7) is 1.24. The molecular formula is C17H20ClN5OS. The van der Waals surface area contributed by atoms with E-state index < -0.39 is 0 Å². The Morgan fingerprint density at radius 1 is 1.52 bits per heavy atom. The summed E-state index contributed by atoms with van der Waals surface area (Å²) in [7, 11) is 5.72. The lowest BCUT2D eigenvalue weighted by Crippen LogP contribution is -2.38. The summed E-state index contributed by atoms with van der Waals surface area (Å²) in [5, 5.41) is 6.04. The average molecular weight is 378 g/mol. The standard InChI is InChI=1S/C17H20ClN5OS/c1-19-17(23(3)10-14-7-12(18)9-22(14)2)20-8-13-11-24-16(21-13)15-5-4-6-25-15/h4-7,9,11H,8,10H2,1-3H3,(H,19,20). The minimum absolute atomic E-state index is 0.541. The van der Waals surface area contributed by atoms with Gasteiger partial charge in [0.2, 0.25) is 5.89 Å². The number of oxazole rings is 1. The highest BCUT2D eigenvalue weighted by molar-refractivity contribution is 7.13. The van der Waals surface area contributed by atoms with E-state index in [1.54, 1.807) is 24.6 Å². The van der Waals surface area contributed by atoms with E-state index in [9.17, 15) is 0 Å². The number of nitrogens with zero attached hydrogens (tertiary/aromatic N) is 4. The highest BCUT2D eigenvalue weighted by atomic mass is 35.5. The molecule has 6 nitrogen and oxygen atoms in total. The summed E-state index contributed by atoms with van der Waals surface area (Å²) in [6, 6.07) is 5.93. The first-order valence-corrected chi connectivity index (χ1v) is 9.03. The second kappa shape index (κ2) is 7.76. The van der Waals surface area contributed by atoms with Crippen molar-refractivity contribution >= 4 is 28.9 Å². The van der Waals surface area contributed by atoms with Gasteiger partial charge >= 0.3 is 0 Å². The second-order valence-corrected chi connectivity index (χ2v) is 7.02. The Kier molecular flexibility index (Phi) is 5.45. The number of aromatic nitrogens is 2. The zero-order chi connectivity index (χ0) is 17.8. The fourth-order valence-corrected chi connectivity index (χ4v) is 3.42. The molecule has 1 N–H and O–H groups in total. The molecule has 0 saturated heterocycles. The lowest BCUT2D eigenvalue weighted by molar-refractivity contribution is 0.461. The van der Waals surface area contributed by atoms with E-state index in [4.69, 9.17) is 16.0 Å². The number of hydrogen-bond acceptors (Lipinski definition) is 4. The predicted octanol–water partition coefficient (Wildman–Crippen LogP) is 3.60. The molecule has 25 heavy (non-hydrogen) atoms. The third kappa shape index (κ3) is 4.24. The number of nitrogens with one attached hydrogen (secondary N) is 1. The first-order valence-electron chi connectivity index (χ1n) is 7.77. The van der Waals surface area contributed by atoms with Crippen LogP contribution in [0.15, 0.2) is 45.4 Å². The number of rotatable bonds is 5. The third-order valence-corrected chi connectivity index (χ3v) is 4.82.